The molecule has 1 saturated heterocycles. The SMILES string of the molecule is O=C1CN(C2C=CS2)C(=O)N1. The van der Waals surface area contributed by atoms with Crippen LogP contribution in [0.1, 0.15) is 0 Å². The molecule has 2 aliphatic heterocycles. The molecule has 0 radical (unpaired) electrons. The molecule has 58 valence electrons. The molecule has 2 rings (SSSR count). The smallest absolute Gasteiger partial charge is 0.299 e. The summed E-state index contributed by atoms with van der Waals surface area (Å²) in [7, 11) is 0. The second-order valence-corrected chi connectivity index (χ2v) is 3.36. The van der Waals surface area contributed by atoms with Crippen LogP contribution in [0.15, 0.2) is 11.5 Å². The fourth-order valence-electron chi connectivity index (χ4n) is 0.989. The largest absolute Gasteiger partial charge is 0.325 e. The molecular weight excluding hydrogens is 164 g/mol. The highest BCUT2D eigenvalue weighted by atomic mass is 32.2. The standard InChI is InChI=1S/C6H6N2O2S/c9-4-3-8(6(10)7-4)5-1-2-11-5/h1-2,5H,3H2,(H,7,9,10). The first-order chi connectivity index (χ1) is 5.27. The molecule has 3 amide bonds. The summed E-state index contributed by atoms with van der Waals surface area (Å²) in [6, 6.07) is -0.281. The second kappa shape index (κ2) is 2.27. The van der Waals surface area contributed by atoms with Crippen LogP contribution in [0.25, 0.3) is 0 Å². The van der Waals surface area contributed by atoms with E-state index in [0.717, 1.165) is 0 Å². The van der Waals surface area contributed by atoms with E-state index in [1.165, 1.54) is 4.90 Å². The van der Waals surface area contributed by atoms with Crippen molar-refractivity contribution in [2.24, 2.45) is 0 Å². The molecule has 0 saturated carbocycles. The minimum Gasteiger partial charge on any atom is -0.299 e. The van der Waals surface area contributed by atoms with E-state index in [-0.39, 0.29) is 23.9 Å². The van der Waals surface area contributed by atoms with Crippen LogP contribution >= 0.6 is 11.8 Å². The quantitative estimate of drug-likeness (QED) is 0.569. The number of nitrogens with zero attached hydrogens (tertiary/aromatic N) is 1. The van der Waals surface area contributed by atoms with Crippen molar-refractivity contribution >= 4 is 23.7 Å². The summed E-state index contributed by atoms with van der Waals surface area (Å²) in [6.07, 6.45) is 1.89. The number of hydrogen-bond acceptors (Lipinski definition) is 3. The molecule has 0 aliphatic carbocycles. The summed E-state index contributed by atoms with van der Waals surface area (Å²) in [5.74, 6) is -0.212. The van der Waals surface area contributed by atoms with Crippen LogP contribution in [0.4, 0.5) is 4.79 Å². The van der Waals surface area contributed by atoms with Crippen LogP contribution in [-0.2, 0) is 4.79 Å². The second-order valence-electron chi connectivity index (χ2n) is 2.34. The molecule has 2 heterocycles. The van der Waals surface area contributed by atoms with E-state index >= 15 is 0 Å². The average molecular weight is 170 g/mol. The minimum atomic E-state index is -0.281. The topological polar surface area (TPSA) is 49.4 Å². The molecule has 0 aromatic rings. The molecule has 5 heteroatoms. The van der Waals surface area contributed by atoms with Gasteiger partial charge in [0, 0.05) is 0 Å². The Hall–Kier alpha value is -0.970. The summed E-state index contributed by atoms with van der Waals surface area (Å²) < 4.78 is 0. The molecule has 4 nitrogen and oxygen atoms in total. The Kier molecular flexibility index (Phi) is 1.38. The Balaban J connectivity index is 2.09. The van der Waals surface area contributed by atoms with Crippen molar-refractivity contribution < 1.29 is 9.59 Å². The van der Waals surface area contributed by atoms with Crippen LogP contribution in [0, 0.1) is 0 Å². The number of hydrogen-bond donors (Lipinski definition) is 1. The number of carbonyl (C=O) groups is 2. The van der Waals surface area contributed by atoms with Crippen molar-refractivity contribution in [1.82, 2.24) is 10.2 Å². The van der Waals surface area contributed by atoms with Crippen LogP contribution < -0.4 is 5.32 Å². The van der Waals surface area contributed by atoms with Gasteiger partial charge in [-0.05, 0) is 11.5 Å². The van der Waals surface area contributed by atoms with Gasteiger partial charge in [-0.15, -0.1) is 11.8 Å². The summed E-state index contributed by atoms with van der Waals surface area (Å²) in [5.41, 5.74) is 0. The van der Waals surface area contributed by atoms with Crippen LogP contribution in [0.5, 0.6) is 0 Å². The minimum absolute atomic E-state index is 0.0708. The molecule has 0 aromatic heterocycles. The van der Waals surface area contributed by atoms with Crippen LogP contribution in [-0.4, -0.2) is 28.8 Å². The van der Waals surface area contributed by atoms with E-state index in [1.54, 1.807) is 11.8 Å². The lowest BCUT2D eigenvalue weighted by molar-refractivity contribution is -0.118. The van der Waals surface area contributed by atoms with Crippen molar-refractivity contribution in [2.75, 3.05) is 6.54 Å². The van der Waals surface area contributed by atoms with Crippen molar-refractivity contribution in [3.05, 3.63) is 11.5 Å². The van der Waals surface area contributed by atoms with Gasteiger partial charge in [0.25, 0.3) is 0 Å². The Morgan fingerprint density at radius 3 is 2.73 bits per heavy atom. The van der Waals surface area contributed by atoms with Gasteiger partial charge in [-0.1, -0.05) is 0 Å². The van der Waals surface area contributed by atoms with Crippen molar-refractivity contribution in [3.63, 3.8) is 0 Å². The van der Waals surface area contributed by atoms with Crippen LogP contribution in [0.2, 0.25) is 0 Å². The number of nitrogens with one attached hydrogen (secondary N) is 1. The fraction of sp³-hybridized carbons (Fsp3) is 0.333. The molecule has 0 aromatic carbocycles. The third-order valence-corrected chi connectivity index (χ3v) is 2.59. The Morgan fingerprint density at radius 1 is 1.64 bits per heavy atom. The Labute approximate surface area is 67.6 Å². The first kappa shape index (κ1) is 6.72. The van der Waals surface area contributed by atoms with Crippen molar-refractivity contribution in [2.45, 2.75) is 5.37 Å². The van der Waals surface area contributed by atoms with Gasteiger partial charge in [0.05, 0.1) is 0 Å². The number of carbonyl (C=O) groups excluding carboxylic acids is 2. The van der Waals surface area contributed by atoms with Gasteiger partial charge >= 0.3 is 6.03 Å². The van der Waals surface area contributed by atoms with E-state index < -0.39 is 0 Å². The average Bonchev–Trinajstić information content (AvgIpc) is 2.07. The monoisotopic (exact) mass is 170 g/mol. The zero-order chi connectivity index (χ0) is 7.84. The highest BCUT2D eigenvalue weighted by Gasteiger charge is 2.33. The summed E-state index contributed by atoms with van der Waals surface area (Å²) >= 11 is 1.54. The van der Waals surface area contributed by atoms with Gasteiger partial charge in [0.2, 0.25) is 5.91 Å². The zero-order valence-corrected chi connectivity index (χ0v) is 6.43. The van der Waals surface area contributed by atoms with Gasteiger partial charge < -0.3 is 0 Å². The highest BCUT2D eigenvalue weighted by molar-refractivity contribution is 8.04. The van der Waals surface area contributed by atoms with Gasteiger partial charge in [-0.25, -0.2) is 4.79 Å². The molecule has 2 aliphatic rings. The van der Waals surface area contributed by atoms with E-state index in [1.807, 2.05) is 11.5 Å². The van der Waals surface area contributed by atoms with E-state index in [9.17, 15) is 9.59 Å². The van der Waals surface area contributed by atoms with E-state index in [0.29, 0.717) is 0 Å². The zero-order valence-electron chi connectivity index (χ0n) is 5.61. The summed E-state index contributed by atoms with van der Waals surface area (Å²) in [6.45, 7) is 0.195. The maximum Gasteiger partial charge on any atom is 0.325 e. The molecule has 1 N–H and O–H groups in total. The third-order valence-electron chi connectivity index (χ3n) is 1.59. The summed E-state index contributed by atoms with van der Waals surface area (Å²) in [5, 5.41) is 4.19. The van der Waals surface area contributed by atoms with Crippen molar-refractivity contribution in [3.8, 4) is 0 Å². The molecule has 0 spiro atoms. The first-order valence-electron chi connectivity index (χ1n) is 3.20. The number of amides is 3. The predicted molar refractivity (Wildman–Crippen MR) is 40.8 cm³/mol. The number of urea groups is 1. The van der Waals surface area contributed by atoms with Crippen molar-refractivity contribution in [1.29, 1.82) is 0 Å². The Morgan fingerprint density at radius 2 is 2.36 bits per heavy atom. The van der Waals surface area contributed by atoms with E-state index in [2.05, 4.69) is 5.32 Å². The van der Waals surface area contributed by atoms with E-state index in [4.69, 9.17) is 0 Å². The normalized spacial score (nSPS) is 28.7. The molecule has 0 bridgehead atoms. The Bertz CT molecular complexity index is 251. The number of imide groups is 1. The predicted octanol–water partition coefficient (Wildman–Crippen LogP) is 0.125. The van der Waals surface area contributed by atoms with Gasteiger partial charge in [0.1, 0.15) is 11.9 Å². The third kappa shape index (κ3) is 1.01. The van der Waals surface area contributed by atoms with Gasteiger partial charge in [-0.2, -0.15) is 0 Å². The number of thioether (sulfide) groups is 1. The summed E-state index contributed by atoms with van der Waals surface area (Å²) in [4.78, 5) is 23.2. The first-order valence-corrected chi connectivity index (χ1v) is 4.14. The lowest BCUT2D eigenvalue weighted by Crippen LogP contribution is -2.36. The molecule has 1 unspecified atom stereocenters. The molecule has 11 heavy (non-hydrogen) atoms. The lowest BCUT2D eigenvalue weighted by Gasteiger charge is -2.25. The fourth-order valence-corrected chi connectivity index (χ4v) is 1.60. The van der Waals surface area contributed by atoms with Gasteiger partial charge in [-0.3, -0.25) is 15.0 Å². The van der Waals surface area contributed by atoms with Crippen LogP contribution in [0.3, 0.4) is 0 Å². The van der Waals surface area contributed by atoms with Gasteiger partial charge in [0.15, 0.2) is 0 Å². The molecule has 1 fully saturated rings. The maximum absolute atomic E-state index is 11.0. The highest BCUT2D eigenvalue weighted by Crippen LogP contribution is 2.28. The molecule has 1 atom stereocenters. The maximum atomic E-state index is 11.0. The lowest BCUT2D eigenvalue weighted by atomic mass is 10.5. The number of rotatable bonds is 1. The molecular formula is C6H6N2O2S.